The molecular weight excluding hydrogens is 328 g/mol. The first-order valence-corrected chi connectivity index (χ1v) is 10.3. The second kappa shape index (κ2) is 12.7. The van der Waals surface area contributed by atoms with Gasteiger partial charge in [0.15, 0.2) is 0 Å². The minimum atomic E-state index is -0.879. The lowest BCUT2D eigenvalue weighted by molar-refractivity contribution is 0.0697. The van der Waals surface area contributed by atoms with Crippen LogP contribution in [0.5, 0.6) is 0 Å². The zero-order valence-corrected chi connectivity index (χ0v) is 15.5. The fourth-order valence-corrected chi connectivity index (χ4v) is 5.51. The highest BCUT2D eigenvalue weighted by molar-refractivity contribution is 8.20. The van der Waals surface area contributed by atoms with E-state index in [0.29, 0.717) is 17.4 Å². The van der Waals surface area contributed by atoms with E-state index in [2.05, 4.69) is 6.92 Å². The molecule has 2 atom stereocenters. The van der Waals surface area contributed by atoms with Crippen molar-refractivity contribution in [1.29, 1.82) is 0 Å². The normalized spacial score (nSPS) is 19.9. The monoisotopic (exact) mass is 356 g/mol. The van der Waals surface area contributed by atoms with Crippen LogP contribution in [-0.2, 0) is 0 Å². The summed E-state index contributed by atoms with van der Waals surface area (Å²) in [7, 11) is 0. The molecule has 1 heterocycles. The SMILES string of the molecule is CCCCCCC[C@@H]1SC[C@@H](CO)S1.O=C(O)c1ccccc1. The zero-order valence-electron chi connectivity index (χ0n) is 13.8. The number of hydrogen-bond donors (Lipinski definition) is 2. The highest BCUT2D eigenvalue weighted by Gasteiger charge is 2.24. The summed E-state index contributed by atoms with van der Waals surface area (Å²) in [4.78, 5) is 10.2. The Balaban J connectivity index is 0.000000253. The summed E-state index contributed by atoms with van der Waals surface area (Å²) in [6.07, 6.45) is 8.25. The van der Waals surface area contributed by atoms with Crippen LogP contribution in [0.4, 0.5) is 0 Å². The number of aliphatic hydroxyl groups is 1. The summed E-state index contributed by atoms with van der Waals surface area (Å²) < 4.78 is 0.772. The first kappa shape index (κ1) is 20.4. The number of rotatable bonds is 8. The summed E-state index contributed by atoms with van der Waals surface area (Å²) in [5.41, 5.74) is 0.331. The average Bonchev–Trinajstić information content (AvgIpc) is 3.04. The molecule has 0 amide bonds. The predicted molar refractivity (Wildman–Crippen MR) is 101 cm³/mol. The minimum Gasteiger partial charge on any atom is -0.478 e. The van der Waals surface area contributed by atoms with Crippen LogP contribution in [0, 0.1) is 0 Å². The lowest BCUT2D eigenvalue weighted by Crippen LogP contribution is -2.06. The zero-order chi connectivity index (χ0) is 16.9. The molecule has 1 fully saturated rings. The van der Waals surface area contributed by atoms with Crippen LogP contribution < -0.4 is 0 Å². The Morgan fingerprint density at radius 2 is 1.87 bits per heavy atom. The van der Waals surface area contributed by atoms with Gasteiger partial charge in [0, 0.05) is 11.0 Å². The molecule has 1 saturated heterocycles. The maximum atomic E-state index is 10.2. The standard InChI is InChI=1S/C11H22OS2.C7H6O2/c1-2-3-4-5-6-7-11-13-9-10(8-12)14-11;8-7(9)6-4-2-1-3-5-6/h10-12H,2-9H2,1H3;1-5H,(H,8,9)/t10-,11-;/m1./s1. The number of hydrogen-bond acceptors (Lipinski definition) is 4. The molecule has 0 aromatic heterocycles. The number of benzene rings is 1. The van der Waals surface area contributed by atoms with Crippen molar-refractivity contribution in [3.8, 4) is 0 Å². The highest BCUT2D eigenvalue weighted by atomic mass is 32.2. The van der Waals surface area contributed by atoms with Gasteiger partial charge >= 0.3 is 5.97 Å². The van der Waals surface area contributed by atoms with Crippen LogP contribution in [0.1, 0.15) is 55.8 Å². The van der Waals surface area contributed by atoms with Gasteiger partial charge in [-0.1, -0.05) is 57.2 Å². The molecule has 23 heavy (non-hydrogen) atoms. The van der Waals surface area contributed by atoms with Crippen molar-refractivity contribution in [3.05, 3.63) is 35.9 Å². The third kappa shape index (κ3) is 9.28. The number of carboxylic acid groups (broad SMARTS) is 1. The van der Waals surface area contributed by atoms with Gasteiger partial charge in [0.05, 0.1) is 16.8 Å². The van der Waals surface area contributed by atoms with E-state index in [0.717, 1.165) is 10.3 Å². The molecule has 3 nitrogen and oxygen atoms in total. The molecule has 0 unspecified atom stereocenters. The lowest BCUT2D eigenvalue weighted by Gasteiger charge is -2.08. The molecule has 130 valence electrons. The van der Waals surface area contributed by atoms with Crippen molar-refractivity contribution in [3.63, 3.8) is 0 Å². The van der Waals surface area contributed by atoms with E-state index in [1.165, 1.54) is 38.5 Å². The van der Waals surface area contributed by atoms with E-state index in [9.17, 15) is 4.79 Å². The summed E-state index contributed by atoms with van der Waals surface area (Å²) in [6, 6.07) is 8.30. The third-order valence-electron chi connectivity index (χ3n) is 3.58. The van der Waals surface area contributed by atoms with Crippen molar-refractivity contribution < 1.29 is 15.0 Å². The summed E-state index contributed by atoms with van der Waals surface area (Å²) in [5, 5.41) is 17.9. The molecule has 5 heteroatoms. The third-order valence-corrected chi connectivity index (χ3v) is 6.97. The predicted octanol–water partition coefficient (Wildman–Crippen LogP) is 4.90. The molecule has 2 rings (SSSR count). The number of aliphatic hydroxyl groups excluding tert-OH is 1. The Morgan fingerprint density at radius 3 is 2.39 bits per heavy atom. The van der Waals surface area contributed by atoms with Crippen LogP contribution in [0.3, 0.4) is 0 Å². The fourth-order valence-electron chi connectivity index (χ4n) is 2.25. The van der Waals surface area contributed by atoms with E-state index >= 15 is 0 Å². The Hall–Kier alpha value is -0.650. The first-order chi connectivity index (χ1) is 11.2. The van der Waals surface area contributed by atoms with Crippen molar-refractivity contribution in [2.45, 2.75) is 55.3 Å². The van der Waals surface area contributed by atoms with Gasteiger partial charge in [-0.05, 0) is 18.6 Å². The van der Waals surface area contributed by atoms with Gasteiger partial charge in [0.1, 0.15) is 0 Å². The number of carboxylic acids is 1. The van der Waals surface area contributed by atoms with Gasteiger partial charge in [0.25, 0.3) is 0 Å². The Kier molecular flexibility index (Phi) is 11.3. The molecule has 0 aliphatic carbocycles. The van der Waals surface area contributed by atoms with E-state index < -0.39 is 5.97 Å². The van der Waals surface area contributed by atoms with Gasteiger partial charge in [-0.15, -0.1) is 23.5 Å². The van der Waals surface area contributed by atoms with Crippen molar-refractivity contribution in [1.82, 2.24) is 0 Å². The average molecular weight is 357 g/mol. The second-order valence-corrected chi connectivity index (χ2v) is 8.62. The van der Waals surface area contributed by atoms with Crippen LogP contribution in [0.15, 0.2) is 30.3 Å². The molecule has 0 saturated carbocycles. The quantitative estimate of drug-likeness (QED) is 0.649. The van der Waals surface area contributed by atoms with Gasteiger partial charge in [-0.2, -0.15) is 0 Å². The fraction of sp³-hybridized carbons (Fsp3) is 0.611. The number of carbonyl (C=O) groups is 1. The highest BCUT2D eigenvalue weighted by Crippen LogP contribution is 2.40. The molecule has 1 aromatic carbocycles. The summed E-state index contributed by atoms with van der Waals surface area (Å²) in [6.45, 7) is 2.62. The molecule has 0 bridgehead atoms. The molecule has 2 N–H and O–H groups in total. The van der Waals surface area contributed by atoms with Crippen molar-refractivity contribution in [2.24, 2.45) is 0 Å². The van der Waals surface area contributed by atoms with Gasteiger partial charge in [-0.25, -0.2) is 4.79 Å². The smallest absolute Gasteiger partial charge is 0.335 e. The largest absolute Gasteiger partial charge is 0.478 e. The van der Waals surface area contributed by atoms with E-state index in [1.807, 2.05) is 23.5 Å². The second-order valence-electron chi connectivity index (χ2n) is 5.58. The van der Waals surface area contributed by atoms with E-state index in [1.54, 1.807) is 30.3 Å². The minimum absolute atomic E-state index is 0.331. The van der Waals surface area contributed by atoms with Gasteiger partial charge < -0.3 is 10.2 Å². The number of unbranched alkanes of at least 4 members (excludes halogenated alkanes) is 4. The molecular formula is C18H28O3S2. The molecule has 1 aliphatic rings. The summed E-state index contributed by atoms with van der Waals surface area (Å²) >= 11 is 4.03. The Morgan fingerprint density at radius 1 is 1.17 bits per heavy atom. The van der Waals surface area contributed by atoms with Crippen molar-refractivity contribution in [2.75, 3.05) is 12.4 Å². The van der Waals surface area contributed by atoms with Crippen LogP contribution in [0.2, 0.25) is 0 Å². The molecule has 1 aliphatic heterocycles. The maximum Gasteiger partial charge on any atom is 0.335 e. The van der Waals surface area contributed by atoms with Crippen LogP contribution >= 0.6 is 23.5 Å². The molecule has 0 radical (unpaired) electrons. The van der Waals surface area contributed by atoms with Crippen LogP contribution in [0.25, 0.3) is 0 Å². The lowest BCUT2D eigenvalue weighted by atomic mass is 10.1. The molecule has 0 spiro atoms. The van der Waals surface area contributed by atoms with E-state index in [4.69, 9.17) is 10.2 Å². The topological polar surface area (TPSA) is 57.5 Å². The summed E-state index contributed by atoms with van der Waals surface area (Å²) in [5.74, 6) is 0.274. The van der Waals surface area contributed by atoms with Crippen molar-refractivity contribution >= 4 is 29.5 Å². The first-order valence-electron chi connectivity index (χ1n) is 8.33. The van der Waals surface area contributed by atoms with Gasteiger partial charge in [0.2, 0.25) is 0 Å². The van der Waals surface area contributed by atoms with Crippen LogP contribution in [-0.4, -0.2) is 38.4 Å². The Bertz CT molecular complexity index is 426. The Labute approximate surface area is 148 Å². The number of aromatic carboxylic acids is 1. The maximum absolute atomic E-state index is 10.2. The molecule has 1 aromatic rings. The number of thioether (sulfide) groups is 2. The van der Waals surface area contributed by atoms with E-state index in [-0.39, 0.29) is 0 Å². The van der Waals surface area contributed by atoms with Gasteiger partial charge in [-0.3, -0.25) is 0 Å².